The Hall–Kier alpha value is -4.83. The number of ether oxygens (including phenoxy) is 1. The Balaban J connectivity index is 1.77. The maximum absolute atomic E-state index is 13.8. The summed E-state index contributed by atoms with van der Waals surface area (Å²) in [5, 5.41) is 21.8. The molecule has 0 radical (unpaired) electrons. The van der Waals surface area contributed by atoms with Gasteiger partial charge in [-0.15, -0.1) is 0 Å². The molecule has 15 nitrogen and oxygen atoms in total. The summed E-state index contributed by atoms with van der Waals surface area (Å²) in [6.45, 7) is 3.44. The fourth-order valence-electron chi connectivity index (χ4n) is 5.17. The second-order valence-corrected chi connectivity index (χ2v) is 11.7. The summed E-state index contributed by atoms with van der Waals surface area (Å²) < 4.78 is 6.15. The maximum Gasteiger partial charge on any atom is 0.329 e. The van der Waals surface area contributed by atoms with Gasteiger partial charge in [-0.05, 0) is 29.9 Å². The molecule has 1 heterocycles. The van der Waals surface area contributed by atoms with Crippen LogP contribution in [0.2, 0.25) is 0 Å². The number of carbonyl (C=O) groups excluding carboxylic acids is 4. The number of nitrogens with two attached hydrogens (primary N) is 3. The lowest BCUT2D eigenvalue weighted by Crippen LogP contribution is -2.58. The van der Waals surface area contributed by atoms with Gasteiger partial charge < -0.3 is 27.0 Å². The first-order chi connectivity index (χ1) is 22.8. The Morgan fingerprint density at radius 2 is 1.60 bits per heavy atom. The lowest BCUT2D eigenvalue weighted by molar-refractivity contribution is -0.384. The summed E-state index contributed by atoms with van der Waals surface area (Å²) in [5.41, 5.74) is 20.2. The molecule has 0 bridgehead atoms. The number of methoxy groups -OCH3 is 1. The van der Waals surface area contributed by atoms with Gasteiger partial charge in [-0.2, -0.15) is 0 Å². The van der Waals surface area contributed by atoms with E-state index in [9.17, 15) is 34.4 Å². The van der Waals surface area contributed by atoms with Gasteiger partial charge in [0, 0.05) is 30.8 Å². The van der Waals surface area contributed by atoms with Crippen LogP contribution in [-0.2, 0) is 38.4 Å². The van der Waals surface area contributed by atoms with Crippen LogP contribution in [0.1, 0.15) is 48.3 Å². The minimum atomic E-state index is -1.45. The number of nitro groups is 1. The van der Waals surface area contributed by atoms with Crippen LogP contribution in [0.5, 0.6) is 0 Å². The van der Waals surface area contributed by atoms with E-state index >= 15 is 0 Å². The van der Waals surface area contributed by atoms with E-state index in [1.165, 1.54) is 41.4 Å². The number of aliphatic hydroxyl groups is 1. The summed E-state index contributed by atoms with van der Waals surface area (Å²) in [4.78, 5) is 68.7. The van der Waals surface area contributed by atoms with E-state index in [2.05, 4.69) is 4.98 Å². The molecule has 0 fully saturated rings. The number of hydrogen-bond acceptors (Lipinski definition) is 12. The summed E-state index contributed by atoms with van der Waals surface area (Å²) in [5.74, 6) is -3.61. The third-order valence-electron chi connectivity index (χ3n) is 8.16. The first-order valence-corrected chi connectivity index (χ1v) is 15.5. The second kappa shape index (κ2) is 17.4. The third kappa shape index (κ3) is 9.84. The van der Waals surface area contributed by atoms with Crippen LogP contribution >= 0.6 is 0 Å². The number of imidazole rings is 1. The molecule has 0 aliphatic rings. The summed E-state index contributed by atoms with van der Waals surface area (Å²) in [6, 6.07) is 10.3. The number of aromatic nitrogens is 2. The van der Waals surface area contributed by atoms with Crippen molar-refractivity contribution < 1.29 is 33.9 Å². The summed E-state index contributed by atoms with van der Waals surface area (Å²) in [6.07, 6.45) is 1.17. The number of esters is 1. The molecule has 0 saturated heterocycles. The van der Waals surface area contributed by atoms with E-state index < -0.39 is 71.2 Å². The van der Waals surface area contributed by atoms with Gasteiger partial charge in [0.15, 0.2) is 0 Å². The summed E-state index contributed by atoms with van der Waals surface area (Å²) in [7, 11) is 1.13. The highest BCUT2D eigenvalue weighted by Gasteiger charge is 2.41. The number of aliphatic hydroxyl groups excluding tert-OH is 1. The molecule has 3 rings (SSSR count). The van der Waals surface area contributed by atoms with Gasteiger partial charge in [-0.1, -0.05) is 62.7 Å². The standard InChI is InChI=1S/C33H43N7O8/c1-4-20(2)30(33(45)48-3)39(29(42)17-28(41)25(34)14-22-10-12-24(13-11-22)40(46)47)32(44)27(36)16-23-18-38(19-37-23)31(43)26(35)15-21-8-6-5-7-9-21/h5-13,18-20,25-28,30,41H,4,14-17,34-36H2,1-3H3/t20-,25-,26?,27-,28?,30-/m0/s1. The molecule has 2 aromatic carbocycles. The zero-order chi connectivity index (χ0) is 35.5. The molecule has 48 heavy (non-hydrogen) atoms. The van der Waals surface area contributed by atoms with Gasteiger partial charge in [0.1, 0.15) is 12.4 Å². The quantitative estimate of drug-likeness (QED) is 0.0957. The van der Waals surface area contributed by atoms with Crippen molar-refractivity contribution in [3.63, 3.8) is 0 Å². The van der Waals surface area contributed by atoms with E-state index in [1.807, 2.05) is 30.3 Å². The van der Waals surface area contributed by atoms with Crippen molar-refractivity contribution in [2.75, 3.05) is 7.11 Å². The Morgan fingerprint density at radius 3 is 2.19 bits per heavy atom. The predicted octanol–water partition coefficient (Wildman–Crippen LogP) is 1.14. The SMILES string of the molecule is CC[C@H](C)[C@@H](C(=O)OC)N(C(=O)CC(O)[C@@H](N)Cc1ccc([N+](=O)[O-])cc1)C(=O)[C@@H](N)Cc1cn(C(=O)C(N)Cc2ccccc2)cn1. The van der Waals surface area contributed by atoms with E-state index in [-0.39, 0.29) is 24.2 Å². The highest BCUT2D eigenvalue weighted by molar-refractivity contribution is 6.02. The average molecular weight is 666 g/mol. The number of amides is 2. The zero-order valence-electron chi connectivity index (χ0n) is 27.2. The van der Waals surface area contributed by atoms with Crippen LogP contribution in [0.4, 0.5) is 5.69 Å². The Morgan fingerprint density at radius 1 is 0.979 bits per heavy atom. The van der Waals surface area contributed by atoms with Crippen molar-refractivity contribution >= 4 is 29.4 Å². The largest absolute Gasteiger partial charge is 0.467 e. The van der Waals surface area contributed by atoms with Crippen LogP contribution in [0, 0.1) is 16.0 Å². The number of non-ortho nitro benzene ring substituents is 1. The van der Waals surface area contributed by atoms with Crippen molar-refractivity contribution in [3.8, 4) is 0 Å². The van der Waals surface area contributed by atoms with Crippen LogP contribution in [0.15, 0.2) is 67.1 Å². The highest BCUT2D eigenvalue weighted by atomic mass is 16.6. The predicted molar refractivity (Wildman–Crippen MR) is 175 cm³/mol. The van der Waals surface area contributed by atoms with Crippen molar-refractivity contribution in [2.24, 2.45) is 23.1 Å². The molecule has 0 spiro atoms. The van der Waals surface area contributed by atoms with Crippen LogP contribution in [0.3, 0.4) is 0 Å². The molecule has 258 valence electrons. The van der Waals surface area contributed by atoms with E-state index in [1.54, 1.807) is 13.8 Å². The van der Waals surface area contributed by atoms with Crippen molar-refractivity contribution in [1.29, 1.82) is 0 Å². The van der Waals surface area contributed by atoms with Crippen molar-refractivity contribution in [1.82, 2.24) is 14.5 Å². The third-order valence-corrected chi connectivity index (χ3v) is 8.16. The smallest absolute Gasteiger partial charge is 0.329 e. The van der Waals surface area contributed by atoms with Gasteiger partial charge in [-0.3, -0.25) is 34.0 Å². The Kier molecular flexibility index (Phi) is 13.6. The second-order valence-electron chi connectivity index (χ2n) is 11.7. The van der Waals surface area contributed by atoms with Gasteiger partial charge in [0.25, 0.3) is 5.69 Å². The first-order valence-electron chi connectivity index (χ1n) is 15.5. The minimum absolute atomic E-state index is 0.0715. The fourth-order valence-corrected chi connectivity index (χ4v) is 5.17. The van der Waals surface area contributed by atoms with E-state index in [4.69, 9.17) is 21.9 Å². The number of nitro benzene ring substituents is 1. The Bertz CT molecular complexity index is 1560. The molecule has 0 aliphatic heterocycles. The molecule has 2 unspecified atom stereocenters. The number of imide groups is 1. The van der Waals surface area contributed by atoms with Crippen LogP contribution < -0.4 is 17.2 Å². The van der Waals surface area contributed by atoms with E-state index in [0.717, 1.165) is 17.6 Å². The molecule has 0 saturated carbocycles. The first kappa shape index (κ1) is 37.6. The highest BCUT2D eigenvalue weighted by Crippen LogP contribution is 2.21. The number of rotatable bonds is 16. The fraction of sp³-hybridized carbons (Fsp3) is 0.424. The molecule has 6 atom stereocenters. The molecule has 2 amide bonds. The van der Waals surface area contributed by atoms with Gasteiger partial charge in [0.2, 0.25) is 17.7 Å². The monoisotopic (exact) mass is 665 g/mol. The number of nitrogens with zero attached hydrogens (tertiary/aromatic N) is 4. The Labute approximate surface area is 278 Å². The molecule has 15 heteroatoms. The molecule has 0 aliphatic carbocycles. The van der Waals surface area contributed by atoms with E-state index in [0.29, 0.717) is 18.4 Å². The molecule has 3 aromatic rings. The molecule has 7 N–H and O–H groups in total. The van der Waals surface area contributed by atoms with Crippen LogP contribution in [0.25, 0.3) is 0 Å². The average Bonchev–Trinajstić information content (AvgIpc) is 3.54. The zero-order valence-corrected chi connectivity index (χ0v) is 27.2. The molecular formula is C33H43N7O8. The molecular weight excluding hydrogens is 622 g/mol. The lowest BCUT2D eigenvalue weighted by atomic mass is 9.94. The van der Waals surface area contributed by atoms with Gasteiger partial charge in [0.05, 0.1) is 42.3 Å². The van der Waals surface area contributed by atoms with Gasteiger partial charge >= 0.3 is 5.97 Å². The normalized spacial score (nSPS) is 15.0. The van der Waals surface area contributed by atoms with Crippen LogP contribution in [-0.4, -0.2) is 85.6 Å². The maximum atomic E-state index is 13.8. The number of hydrogen-bond donors (Lipinski definition) is 4. The minimum Gasteiger partial charge on any atom is -0.467 e. The topological polar surface area (TPSA) is 240 Å². The van der Waals surface area contributed by atoms with Crippen molar-refractivity contribution in [3.05, 3.63) is 94.1 Å². The summed E-state index contributed by atoms with van der Waals surface area (Å²) >= 11 is 0. The van der Waals surface area contributed by atoms with Gasteiger partial charge in [-0.25, -0.2) is 9.78 Å². The lowest BCUT2D eigenvalue weighted by Gasteiger charge is -2.34. The number of benzene rings is 2. The number of carbonyl (C=O) groups is 4. The van der Waals surface area contributed by atoms with Crippen molar-refractivity contribution in [2.45, 2.75) is 76.2 Å². The molecule has 1 aromatic heterocycles.